The zero-order valence-corrected chi connectivity index (χ0v) is 15.8. The van der Waals surface area contributed by atoms with Crippen LogP contribution in [0.2, 0.25) is 0 Å². The average Bonchev–Trinajstić information content (AvgIpc) is 3.22. The molecule has 0 radical (unpaired) electrons. The molecular weight excluding hydrogens is 338 g/mol. The third-order valence-electron chi connectivity index (χ3n) is 4.89. The summed E-state index contributed by atoms with van der Waals surface area (Å²) < 4.78 is 5.69. The molecule has 1 aromatic heterocycles. The van der Waals surface area contributed by atoms with Gasteiger partial charge in [0.05, 0.1) is 18.3 Å². The number of fused-ring (bicyclic) bond motifs is 1. The van der Waals surface area contributed by atoms with E-state index < -0.39 is 0 Å². The van der Waals surface area contributed by atoms with Gasteiger partial charge in [0.15, 0.2) is 0 Å². The summed E-state index contributed by atoms with van der Waals surface area (Å²) in [5, 5.41) is 7.47. The summed E-state index contributed by atoms with van der Waals surface area (Å²) in [6, 6.07) is 17.8. The zero-order chi connectivity index (χ0) is 19.0. The number of ether oxygens (including phenoxy) is 1. The summed E-state index contributed by atoms with van der Waals surface area (Å²) in [7, 11) is 0. The monoisotopic (exact) mass is 361 g/mol. The lowest BCUT2D eigenvalue weighted by atomic mass is 9.95. The van der Waals surface area contributed by atoms with E-state index in [1.165, 1.54) is 0 Å². The number of benzene rings is 2. The number of aromatic nitrogens is 2. The second-order valence-corrected chi connectivity index (χ2v) is 6.94. The maximum Gasteiger partial charge on any atom is 0.273 e. The van der Waals surface area contributed by atoms with Gasteiger partial charge in [0.25, 0.3) is 5.91 Å². The van der Waals surface area contributed by atoms with E-state index in [2.05, 4.69) is 10.2 Å². The molecule has 1 unspecified atom stereocenters. The van der Waals surface area contributed by atoms with Crippen molar-refractivity contribution in [2.45, 2.75) is 32.9 Å². The Hall–Kier alpha value is -3.08. The average molecular weight is 361 g/mol. The van der Waals surface area contributed by atoms with E-state index in [0.717, 1.165) is 28.1 Å². The molecule has 138 valence electrons. The Morgan fingerprint density at radius 2 is 1.93 bits per heavy atom. The maximum absolute atomic E-state index is 13.1. The Kier molecular flexibility index (Phi) is 4.44. The predicted molar refractivity (Wildman–Crippen MR) is 105 cm³/mol. The quantitative estimate of drug-likeness (QED) is 0.731. The number of nitrogens with zero attached hydrogens (tertiary/aromatic N) is 2. The number of carbonyl (C=O) groups excluding carboxylic acids is 1. The summed E-state index contributed by atoms with van der Waals surface area (Å²) in [4.78, 5) is 15.0. The predicted octanol–water partition coefficient (Wildman–Crippen LogP) is 4.43. The minimum absolute atomic E-state index is 0.0125. The molecule has 0 saturated heterocycles. The second kappa shape index (κ2) is 6.91. The Morgan fingerprint density at radius 1 is 1.15 bits per heavy atom. The first-order valence-electron chi connectivity index (χ1n) is 9.31. The normalized spacial score (nSPS) is 16.1. The third-order valence-corrected chi connectivity index (χ3v) is 4.89. The van der Waals surface area contributed by atoms with Crippen LogP contribution < -0.4 is 4.74 Å². The SMILES string of the molecule is CCOc1cccc(C2c3c(-c4ccccc4)n[nH]c3C(=O)N2C(C)C)c1. The minimum atomic E-state index is -0.193. The molecule has 3 aromatic rings. The molecule has 1 aliphatic heterocycles. The third kappa shape index (κ3) is 2.89. The maximum atomic E-state index is 13.1. The van der Waals surface area contributed by atoms with Gasteiger partial charge in [0.1, 0.15) is 11.4 Å². The summed E-state index contributed by atoms with van der Waals surface area (Å²) in [5.41, 5.74) is 4.37. The smallest absolute Gasteiger partial charge is 0.273 e. The van der Waals surface area contributed by atoms with Gasteiger partial charge in [-0.15, -0.1) is 0 Å². The first-order chi connectivity index (χ1) is 13.1. The van der Waals surface area contributed by atoms with Crippen LogP contribution in [0, 0.1) is 0 Å². The number of hydrogen-bond donors (Lipinski definition) is 1. The van der Waals surface area contributed by atoms with Crippen LogP contribution in [0.25, 0.3) is 11.3 Å². The van der Waals surface area contributed by atoms with Crippen LogP contribution >= 0.6 is 0 Å². The van der Waals surface area contributed by atoms with Gasteiger partial charge in [0.2, 0.25) is 0 Å². The van der Waals surface area contributed by atoms with Crippen molar-refractivity contribution in [1.82, 2.24) is 15.1 Å². The molecule has 0 spiro atoms. The first-order valence-corrected chi connectivity index (χ1v) is 9.31. The number of rotatable bonds is 5. The summed E-state index contributed by atoms with van der Waals surface area (Å²) in [5.74, 6) is 0.797. The Balaban J connectivity index is 1.89. The standard InChI is InChI=1S/C22H23N3O2/c1-4-27-17-12-8-11-16(13-17)21-18-19(15-9-6-5-7-10-15)23-24-20(18)22(26)25(21)14(2)3/h5-14,21H,4H2,1-3H3,(H,23,24). The molecular formula is C22H23N3O2. The highest BCUT2D eigenvalue weighted by Crippen LogP contribution is 2.44. The zero-order valence-electron chi connectivity index (χ0n) is 15.8. The molecule has 1 N–H and O–H groups in total. The molecule has 5 heteroatoms. The van der Waals surface area contributed by atoms with Crippen molar-refractivity contribution in [1.29, 1.82) is 0 Å². The fourth-order valence-corrected chi connectivity index (χ4v) is 3.78. The van der Waals surface area contributed by atoms with Gasteiger partial charge in [-0.1, -0.05) is 42.5 Å². The second-order valence-electron chi connectivity index (χ2n) is 6.94. The van der Waals surface area contributed by atoms with Gasteiger partial charge in [0, 0.05) is 17.2 Å². The molecule has 1 aliphatic rings. The molecule has 1 amide bonds. The van der Waals surface area contributed by atoms with Gasteiger partial charge in [-0.25, -0.2) is 0 Å². The van der Waals surface area contributed by atoms with Gasteiger partial charge in [-0.2, -0.15) is 5.10 Å². The van der Waals surface area contributed by atoms with Crippen molar-refractivity contribution in [2.75, 3.05) is 6.61 Å². The number of aromatic amines is 1. The summed E-state index contributed by atoms with van der Waals surface area (Å²) in [6.45, 7) is 6.65. The lowest BCUT2D eigenvalue weighted by Crippen LogP contribution is -2.35. The van der Waals surface area contributed by atoms with Crippen LogP contribution in [0.5, 0.6) is 5.75 Å². The lowest BCUT2D eigenvalue weighted by Gasteiger charge is -2.30. The highest BCUT2D eigenvalue weighted by Gasteiger charge is 2.43. The summed E-state index contributed by atoms with van der Waals surface area (Å²) >= 11 is 0. The molecule has 2 heterocycles. The number of carbonyl (C=O) groups is 1. The molecule has 27 heavy (non-hydrogen) atoms. The van der Waals surface area contributed by atoms with Crippen molar-refractivity contribution < 1.29 is 9.53 Å². The van der Waals surface area contributed by atoms with Gasteiger partial charge in [-0.3, -0.25) is 9.89 Å². The highest BCUT2D eigenvalue weighted by atomic mass is 16.5. The van der Waals surface area contributed by atoms with Crippen LogP contribution in [0.1, 0.15) is 48.4 Å². The Morgan fingerprint density at radius 3 is 2.63 bits per heavy atom. The highest BCUT2D eigenvalue weighted by molar-refractivity contribution is 6.00. The van der Waals surface area contributed by atoms with Crippen LogP contribution in [0.15, 0.2) is 54.6 Å². The van der Waals surface area contributed by atoms with E-state index in [9.17, 15) is 4.79 Å². The molecule has 2 aromatic carbocycles. The fourth-order valence-electron chi connectivity index (χ4n) is 3.78. The topological polar surface area (TPSA) is 58.2 Å². The fraction of sp³-hybridized carbons (Fsp3) is 0.273. The molecule has 4 rings (SSSR count). The molecule has 5 nitrogen and oxygen atoms in total. The van der Waals surface area contributed by atoms with Crippen LogP contribution in [-0.4, -0.2) is 33.7 Å². The molecule has 1 atom stereocenters. The minimum Gasteiger partial charge on any atom is -0.494 e. The van der Waals surface area contributed by atoms with Crippen molar-refractivity contribution >= 4 is 5.91 Å². The van der Waals surface area contributed by atoms with Crippen LogP contribution in [0.4, 0.5) is 0 Å². The van der Waals surface area contributed by atoms with E-state index in [-0.39, 0.29) is 18.0 Å². The molecule has 0 bridgehead atoms. The molecule has 0 saturated carbocycles. The van der Waals surface area contributed by atoms with Crippen molar-refractivity contribution in [3.05, 3.63) is 71.4 Å². The van der Waals surface area contributed by atoms with E-state index in [1.807, 2.05) is 80.3 Å². The number of amides is 1. The van der Waals surface area contributed by atoms with Gasteiger partial charge >= 0.3 is 0 Å². The van der Waals surface area contributed by atoms with Crippen molar-refractivity contribution in [3.63, 3.8) is 0 Å². The van der Waals surface area contributed by atoms with Gasteiger partial charge < -0.3 is 9.64 Å². The van der Waals surface area contributed by atoms with Crippen molar-refractivity contribution in [3.8, 4) is 17.0 Å². The Bertz CT molecular complexity index is 963. The number of nitrogens with one attached hydrogen (secondary N) is 1. The van der Waals surface area contributed by atoms with Crippen molar-refractivity contribution in [2.24, 2.45) is 0 Å². The number of H-pyrrole nitrogens is 1. The van der Waals surface area contributed by atoms with E-state index in [1.54, 1.807) is 0 Å². The Labute approximate surface area is 159 Å². The molecule has 0 aliphatic carbocycles. The lowest BCUT2D eigenvalue weighted by molar-refractivity contribution is 0.0687. The molecule has 0 fully saturated rings. The van der Waals surface area contributed by atoms with Crippen LogP contribution in [0.3, 0.4) is 0 Å². The van der Waals surface area contributed by atoms with Crippen LogP contribution in [-0.2, 0) is 0 Å². The van der Waals surface area contributed by atoms with E-state index >= 15 is 0 Å². The largest absolute Gasteiger partial charge is 0.494 e. The van der Waals surface area contributed by atoms with E-state index in [4.69, 9.17) is 4.74 Å². The first kappa shape index (κ1) is 17.3. The number of hydrogen-bond acceptors (Lipinski definition) is 3. The summed E-state index contributed by atoms with van der Waals surface area (Å²) in [6.07, 6.45) is 0. The van der Waals surface area contributed by atoms with Gasteiger partial charge in [-0.05, 0) is 38.5 Å². The van der Waals surface area contributed by atoms with E-state index in [0.29, 0.717) is 12.3 Å².